The molecular weight excluding hydrogens is 300 g/mol. The molecule has 2 amide bonds. The quantitative estimate of drug-likeness (QED) is 0.769. The molecule has 23 heavy (non-hydrogen) atoms. The van der Waals surface area contributed by atoms with E-state index in [9.17, 15) is 14.4 Å². The Morgan fingerprint density at radius 3 is 2.30 bits per heavy atom. The summed E-state index contributed by atoms with van der Waals surface area (Å²) in [5.74, 6) is -2.46. The van der Waals surface area contributed by atoms with Gasteiger partial charge in [0.05, 0.1) is 24.6 Å². The lowest BCUT2D eigenvalue weighted by molar-refractivity contribution is -0.140. The Hall–Kier alpha value is -2.57. The fraction of sp³-hybridized carbons (Fsp3) is 0.438. The summed E-state index contributed by atoms with van der Waals surface area (Å²) < 4.78 is 5.19. The second-order valence-electron chi connectivity index (χ2n) is 6.20. The molecule has 0 unspecified atom stereocenters. The molecule has 0 saturated heterocycles. The van der Waals surface area contributed by atoms with Crippen molar-refractivity contribution < 1.29 is 24.2 Å². The summed E-state index contributed by atoms with van der Waals surface area (Å²) in [6.07, 6.45) is 0. The summed E-state index contributed by atoms with van der Waals surface area (Å²) in [6.45, 7) is 4.88. The highest BCUT2D eigenvalue weighted by molar-refractivity contribution is 6.01. The van der Waals surface area contributed by atoms with Crippen LogP contribution in [0.25, 0.3) is 0 Å². The van der Waals surface area contributed by atoms with Crippen molar-refractivity contribution in [3.8, 4) is 5.75 Å². The molecule has 0 bridgehead atoms. The summed E-state index contributed by atoms with van der Waals surface area (Å²) in [6, 6.07) is 4.84. The average molecular weight is 320 g/mol. The lowest BCUT2D eigenvalue weighted by Crippen LogP contribution is -2.18. The van der Waals surface area contributed by atoms with Crippen LogP contribution < -0.4 is 15.4 Å². The van der Waals surface area contributed by atoms with Crippen LogP contribution in [0.15, 0.2) is 18.2 Å². The predicted molar refractivity (Wildman–Crippen MR) is 84.3 cm³/mol. The number of hydrogen-bond acceptors (Lipinski definition) is 4. The van der Waals surface area contributed by atoms with Gasteiger partial charge in [0, 0.05) is 12.6 Å². The molecule has 2 rings (SSSR count). The van der Waals surface area contributed by atoms with Gasteiger partial charge in [0.15, 0.2) is 0 Å². The van der Waals surface area contributed by atoms with E-state index in [1.165, 1.54) is 14.0 Å². The number of carbonyl (C=O) groups is 3. The van der Waals surface area contributed by atoms with E-state index in [4.69, 9.17) is 9.84 Å². The van der Waals surface area contributed by atoms with Gasteiger partial charge in [-0.1, -0.05) is 13.8 Å². The molecule has 1 aliphatic carbocycles. The number of amides is 2. The fourth-order valence-electron chi connectivity index (χ4n) is 2.89. The molecule has 0 spiro atoms. The third kappa shape index (κ3) is 3.28. The van der Waals surface area contributed by atoms with Crippen LogP contribution in [-0.2, 0) is 14.4 Å². The predicted octanol–water partition coefficient (Wildman–Crippen LogP) is 1.95. The van der Waals surface area contributed by atoms with E-state index in [1.54, 1.807) is 32.0 Å². The maximum atomic E-state index is 12.4. The SMILES string of the molecule is COc1ccc(NC(C)=O)cc1NC(=O)[C@@H]1[C@H](C(=O)O)C1(C)C. The van der Waals surface area contributed by atoms with Crippen LogP contribution in [0.4, 0.5) is 11.4 Å². The second-order valence-corrected chi connectivity index (χ2v) is 6.20. The smallest absolute Gasteiger partial charge is 0.307 e. The van der Waals surface area contributed by atoms with Crippen molar-refractivity contribution in [3.63, 3.8) is 0 Å². The van der Waals surface area contributed by atoms with E-state index in [1.807, 2.05) is 0 Å². The lowest BCUT2D eigenvalue weighted by Gasteiger charge is -2.13. The molecule has 1 aromatic rings. The van der Waals surface area contributed by atoms with Gasteiger partial charge in [-0.05, 0) is 23.6 Å². The molecule has 0 heterocycles. The van der Waals surface area contributed by atoms with E-state index in [0.717, 1.165) is 0 Å². The van der Waals surface area contributed by atoms with Gasteiger partial charge >= 0.3 is 5.97 Å². The Morgan fingerprint density at radius 1 is 1.17 bits per heavy atom. The van der Waals surface area contributed by atoms with Crippen LogP contribution in [0.2, 0.25) is 0 Å². The molecule has 0 radical (unpaired) electrons. The summed E-state index contributed by atoms with van der Waals surface area (Å²) >= 11 is 0. The van der Waals surface area contributed by atoms with Gasteiger partial charge in [0.2, 0.25) is 11.8 Å². The van der Waals surface area contributed by atoms with E-state index >= 15 is 0 Å². The highest BCUT2D eigenvalue weighted by Gasteiger charge is 2.65. The number of benzene rings is 1. The van der Waals surface area contributed by atoms with Gasteiger partial charge in [0.25, 0.3) is 0 Å². The first-order chi connectivity index (χ1) is 10.7. The first-order valence-corrected chi connectivity index (χ1v) is 7.17. The minimum absolute atomic E-state index is 0.235. The molecule has 124 valence electrons. The highest BCUT2D eigenvalue weighted by atomic mass is 16.5. The molecule has 1 aromatic carbocycles. The number of nitrogens with one attached hydrogen (secondary N) is 2. The Labute approximate surface area is 134 Å². The zero-order chi connectivity index (χ0) is 17.4. The van der Waals surface area contributed by atoms with Crippen LogP contribution in [0.5, 0.6) is 5.75 Å². The number of carbonyl (C=O) groups excluding carboxylic acids is 2. The molecule has 0 aliphatic heterocycles. The van der Waals surface area contributed by atoms with Crippen LogP contribution in [-0.4, -0.2) is 30.0 Å². The zero-order valence-electron chi connectivity index (χ0n) is 13.5. The molecular formula is C16H20N2O5. The molecule has 1 fully saturated rings. The molecule has 1 saturated carbocycles. The Bertz CT molecular complexity index is 668. The zero-order valence-corrected chi connectivity index (χ0v) is 13.5. The average Bonchev–Trinajstić information content (AvgIpc) is 3.01. The number of rotatable bonds is 5. The summed E-state index contributed by atoms with van der Waals surface area (Å²) in [5, 5.41) is 14.5. The molecule has 7 heteroatoms. The Balaban J connectivity index is 2.20. The minimum atomic E-state index is -0.978. The number of carboxylic acids is 1. The molecule has 7 nitrogen and oxygen atoms in total. The van der Waals surface area contributed by atoms with Crippen molar-refractivity contribution in [1.82, 2.24) is 0 Å². The minimum Gasteiger partial charge on any atom is -0.495 e. The van der Waals surface area contributed by atoms with Gasteiger partial charge in [-0.3, -0.25) is 14.4 Å². The monoisotopic (exact) mass is 320 g/mol. The van der Waals surface area contributed by atoms with Crippen LogP contribution >= 0.6 is 0 Å². The largest absolute Gasteiger partial charge is 0.495 e. The van der Waals surface area contributed by atoms with Crippen molar-refractivity contribution in [3.05, 3.63) is 18.2 Å². The summed E-state index contributed by atoms with van der Waals surface area (Å²) in [7, 11) is 1.46. The Kier molecular flexibility index (Phi) is 4.31. The third-order valence-electron chi connectivity index (χ3n) is 4.15. The number of anilines is 2. The Morgan fingerprint density at radius 2 is 1.83 bits per heavy atom. The molecule has 0 aromatic heterocycles. The number of carboxylic acid groups (broad SMARTS) is 1. The van der Waals surface area contributed by atoms with Crippen molar-refractivity contribution >= 4 is 29.2 Å². The van der Waals surface area contributed by atoms with Crippen LogP contribution in [0.1, 0.15) is 20.8 Å². The van der Waals surface area contributed by atoms with Gasteiger partial charge < -0.3 is 20.5 Å². The van der Waals surface area contributed by atoms with Crippen molar-refractivity contribution in [2.24, 2.45) is 17.3 Å². The number of aliphatic carboxylic acids is 1. The third-order valence-corrected chi connectivity index (χ3v) is 4.15. The fourth-order valence-corrected chi connectivity index (χ4v) is 2.89. The van der Waals surface area contributed by atoms with Gasteiger partial charge in [-0.2, -0.15) is 0 Å². The summed E-state index contributed by atoms with van der Waals surface area (Å²) in [5.41, 5.74) is 0.312. The number of hydrogen-bond donors (Lipinski definition) is 3. The lowest BCUT2D eigenvalue weighted by atomic mass is 10.1. The maximum Gasteiger partial charge on any atom is 0.307 e. The van der Waals surface area contributed by atoms with Crippen LogP contribution in [0, 0.1) is 17.3 Å². The second kappa shape index (κ2) is 5.91. The van der Waals surface area contributed by atoms with Gasteiger partial charge in [-0.25, -0.2) is 0 Å². The first-order valence-electron chi connectivity index (χ1n) is 7.17. The molecule has 1 aliphatic rings. The topological polar surface area (TPSA) is 105 Å². The van der Waals surface area contributed by atoms with Gasteiger partial charge in [-0.15, -0.1) is 0 Å². The molecule has 2 atom stereocenters. The van der Waals surface area contributed by atoms with Crippen molar-refractivity contribution in [2.75, 3.05) is 17.7 Å². The standard InChI is InChI=1S/C16H20N2O5/c1-8(19)17-9-5-6-11(23-4)10(7-9)18-14(20)12-13(15(21)22)16(12,2)3/h5-7,12-13H,1-4H3,(H,17,19)(H,18,20)(H,21,22)/t12-,13+/m0/s1. The van der Waals surface area contributed by atoms with E-state index < -0.39 is 23.2 Å². The number of methoxy groups -OCH3 is 1. The number of ether oxygens (including phenoxy) is 1. The first kappa shape index (κ1) is 16.8. The van der Waals surface area contributed by atoms with Crippen molar-refractivity contribution in [1.29, 1.82) is 0 Å². The normalized spacial score (nSPS) is 21.2. The highest BCUT2D eigenvalue weighted by Crippen LogP contribution is 2.58. The van der Waals surface area contributed by atoms with Crippen molar-refractivity contribution in [2.45, 2.75) is 20.8 Å². The van der Waals surface area contributed by atoms with E-state index in [-0.39, 0.29) is 11.8 Å². The van der Waals surface area contributed by atoms with Gasteiger partial charge in [0.1, 0.15) is 5.75 Å². The van der Waals surface area contributed by atoms with E-state index in [0.29, 0.717) is 17.1 Å². The van der Waals surface area contributed by atoms with Crippen LogP contribution in [0.3, 0.4) is 0 Å². The summed E-state index contributed by atoms with van der Waals surface area (Å²) in [4.78, 5) is 34.7. The maximum absolute atomic E-state index is 12.4. The molecule has 3 N–H and O–H groups in total. The van der Waals surface area contributed by atoms with E-state index in [2.05, 4.69) is 10.6 Å².